The number of allylic oxidation sites excluding steroid dienone is 4. The number of quaternary nitrogens is 1. The van der Waals surface area contributed by atoms with Crippen molar-refractivity contribution >= 4 is 0 Å². The molecule has 0 N–H and O–H groups in total. The van der Waals surface area contributed by atoms with Gasteiger partial charge in [-0.25, -0.2) is 0 Å². The zero-order chi connectivity index (χ0) is 39.0. The first-order chi connectivity index (χ1) is 27.3. The van der Waals surface area contributed by atoms with E-state index in [-0.39, 0.29) is 0 Å². The van der Waals surface area contributed by atoms with Crippen molar-refractivity contribution in [3.8, 4) is 0 Å². The molecule has 0 atom stereocenters. The van der Waals surface area contributed by atoms with Gasteiger partial charge in [0, 0.05) is 11.1 Å². The van der Waals surface area contributed by atoms with Crippen LogP contribution in [0.25, 0.3) is 0 Å². The van der Waals surface area contributed by atoms with Crippen LogP contribution in [0.1, 0.15) is 230 Å². The van der Waals surface area contributed by atoms with Crippen LogP contribution in [0.4, 0.5) is 0 Å². The molecular weight excluding hydrogens is 663 g/mol. The van der Waals surface area contributed by atoms with Crippen LogP contribution >= 0.6 is 0 Å². The molecule has 0 saturated carbocycles. The molecule has 0 heterocycles. The van der Waals surface area contributed by atoms with Gasteiger partial charge in [-0.3, -0.25) is 0 Å². The second-order valence-corrected chi connectivity index (χ2v) is 17.4. The molecule has 55 heavy (non-hydrogen) atoms. The Bertz CT molecular complexity index is 1010. The Kier molecular flexibility index (Phi) is 33.4. The van der Waals surface area contributed by atoms with Gasteiger partial charge in [0.05, 0.1) is 13.1 Å². The molecule has 0 radical (unpaired) electrons. The normalized spacial score (nSPS) is 12.1. The quantitative estimate of drug-likeness (QED) is 0.0361. The number of hydrogen-bond donors (Lipinski definition) is 0. The Morgan fingerprint density at radius 3 is 0.855 bits per heavy atom. The Morgan fingerprint density at radius 2 is 0.564 bits per heavy atom. The van der Waals surface area contributed by atoms with Crippen molar-refractivity contribution < 1.29 is 4.48 Å². The van der Waals surface area contributed by atoms with Crippen LogP contribution in [0.15, 0.2) is 85.0 Å². The summed E-state index contributed by atoms with van der Waals surface area (Å²) in [5.41, 5.74) is 3.01. The zero-order valence-electron chi connectivity index (χ0n) is 37.0. The van der Waals surface area contributed by atoms with E-state index in [0.29, 0.717) is 0 Å². The van der Waals surface area contributed by atoms with Crippen molar-refractivity contribution in [2.75, 3.05) is 13.1 Å². The highest BCUT2D eigenvalue weighted by Crippen LogP contribution is 2.24. The standard InChI is InChI=1S/C54H92N/c1-3-5-7-9-11-13-15-17-19-21-23-25-27-29-31-33-35-43-49-55(51-53-45-39-37-40-46-53,52-54-47-41-38-42-48-54)50-44-36-34-32-30-28-26-24-22-20-18-16-14-12-10-8-6-4-2/h21-24,37-42,45-48H,3-20,25-36,43-44,49-52H2,1-2H3/q+1/b23-21+,24-22+. The highest BCUT2D eigenvalue weighted by atomic mass is 15.3. The van der Waals surface area contributed by atoms with Gasteiger partial charge in [-0.05, 0) is 77.0 Å². The van der Waals surface area contributed by atoms with E-state index in [2.05, 4.69) is 98.8 Å². The molecule has 2 aromatic rings. The van der Waals surface area contributed by atoms with E-state index in [4.69, 9.17) is 0 Å². The van der Waals surface area contributed by atoms with Gasteiger partial charge in [0.1, 0.15) is 13.1 Å². The summed E-state index contributed by atoms with van der Waals surface area (Å²) in [7, 11) is 0. The minimum atomic E-state index is 1.16. The van der Waals surface area contributed by atoms with Gasteiger partial charge in [-0.1, -0.05) is 227 Å². The first-order valence-electron chi connectivity index (χ1n) is 24.5. The highest BCUT2D eigenvalue weighted by molar-refractivity contribution is 5.15. The number of rotatable bonds is 40. The third-order valence-corrected chi connectivity index (χ3v) is 12.0. The summed E-state index contributed by atoms with van der Waals surface area (Å²) in [6.45, 7) is 9.53. The summed E-state index contributed by atoms with van der Waals surface area (Å²) in [5, 5.41) is 0. The summed E-state index contributed by atoms with van der Waals surface area (Å²) < 4.78 is 1.21. The summed E-state index contributed by atoms with van der Waals surface area (Å²) in [4.78, 5) is 0. The Hall–Kier alpha value is -2.12. The topological polar surface area (TPSA) is 0 Å². The lowest BCUT2D eigenvalue weighted by atomic mass is 10.0. The third kappa shape index (κ3) is 29.7. The van der Waals surface area contributed by atoms with E-state index in [1.54, 1.807) is 0 Å². The SMILES string of the molecule is CCCCCCCCCC/C=C/CCCCCCCC[N+](CCCCCCCC/C=C/CCCCCCCCCC)(Cc1ccccc1)Cc1ccccc1. The lowest BCUT2D eigenvalue weighted by Gasteiger charge is -2.39. The van der Waals surface area contributed by atoms with Gasteiger partial charge < -0.3 is 4.48 Å². The summed E-state index contributed by atoms with van der Waals surface area (Å²) in [5.74, 6) is 0. The van der Waals surface area contributed by atoms with Gasteiger partial charge in [-0.15, -0.1) is 0 Å². The maximum absolute atomic E-state index is 2.47. The molecule has 1 nitrogen and oxygen atoms in total. The van der Waals surface area contributed by atoms with Gasteiger partial charge in [0.25, 0.3) is 0 Å². The summed E-state index contributed by atoms with van der Waals surface area (Å²) >= 11 is 0. The lowest BCUT2D eigenvalue weighted by Crippen LogP contribution is -2.48. The number of unbranched alkanes of at least 4 members (excludes halogenated alkanes) is 28. The molecule has 0 aliphatic heterocycles. The van der Waals surface area contributed by atoms with E-state index in [9.17, 15) is 0 Å². The number of hydrogen-bond acceptors (Lipinski definition) is 0. The van der Waals surface area contributed by atoms with E-state index in [1.807, 2.05) is 0 Å². The fourth-order valence-electron chi connectivity index (χ4n) is 8.52. The van der Waals surface area contributed by atoms with Crippen molar-refractivity contribution in [1.29, 1.82) is 0 Å². The fourth-order valence-corrected chi connectivity index (χ4v) is 8.52. The zero-order valence-corrected chi connectivity index (χ0v) is 37.0. The maximum atomic E-state index is 2.47. The monoisotopic (exact) mass is 755 g/mol. The largest absolute Gasteiger partial charge is 0.316 e. The molecule has 0 aliphatic carbocycles. The minimum Gasteiger partial charge on any atom is -0.316 e. The smallest absolute Gasteiger partial charge is 0.105 e. The van der Waals surface area contributed by atoms with Crippen molar-refractivity contribution in [2.24, 2.45) is 0 Å². The second kappa shape index (κ2) is 37.5. The van der Waals surface area contributed by atoms with Crippen LogP contribution < -0.4 is 0 Å². The van der Waals surface area contributed by atoms with Gasteiger partial charge in [0.2, 0.25) is 0 Å². The van der Waals surface area contributed by atoms with Crippen molar-refractivity contribution in [2.45, 2.75) is 232 Å². The van der Waals surface area contributed by atoms with E-state index in [0.717, 1.165) is 13.1 Å². The minimum absolute atomic E-state index is 1.16. The Morgan fingerprint density at radius 1 is 0.309 bits per heavy atom. The molecule has 0 bridgehead atoms. The van der Waals surface area contributed by atoms with Crippen LogP contribution in [-0.2, 0) is 13.1 Å². The van der Waals surface area contributed by atoms with Crippen molar-refractivity contribution in [1.82, 2.24) is 0 Å². The molecule has 1 heteroatoms. The van der Waals surface area contributed by atoms with Crippen LogP contribution in [0, 0.1) is 0 Å². The molecule has 312 valence electrons. The lowest BCUT2D eigenvalue weighted by molar-refractivity contribution is -0.954. The van der Waals surface area contributed by atoms with Crippen molar-refractivity contribution in [3.05, 3.63) is 96.1 Å². The molecule has 0 spiro atoms. The molecule has 0 fully saturated rings. The predicted molar refractivity (Wildman–Crippen MR) is 248 cm³/mol. The number of benzene rings is 2. The first kappa shape index (κ1) is 49.0. The summed E-state index contributed by atoms with van der Waals surface area (Å²) in [6.07, 6.45) is 54.3. The summed E-state index contributed by atoms with van der Waals surface area (Å²) in [6, 6.07) is 22.8. The number of nitrogens with zero attached hydrogens (tertiary/aromatic N) is 1. The molecule has 0 aromatic heterocycles. The van der Waals surface area contributed by atoms with Crippen LogP contribution in [0.5, 0.6) is 0 Å². The van der Waals surface area contributed by atoms with Crippen LogP contribution in [0.2, 0.25) is 0 Å². The van der Waals surface area contributed by atoms with Gasteiger partial charge in [0.15, 0.2) is 0 Å². The van der Waals surface area contributed by atoms with E-state index >= 15 is 0 Å². The average molecular weight is 755 g/mol. The first-order valence-corrected chi connectivity index (χ1v) is 24.5. The highest BCUT2D eigenvalue weighted by Gasteiger charge is 2.27. The molecule has 2 rings (SSSR count). The predicted octanol–water partition coefficient (Wildman–Crippen LogP) is 17.8. The molecule has 0 unspecified atom stereocenters. The van der Waals surface area contributed by atoms with Crippen LogP contribution in [-0.4, -0.2) is 17.6 Å². The van der Waals surface area contributed by atoms with Crippen molar-refractivity contribution in [3.63, 3.8) is 0 Å². The molecule has 0 amide bonds. The molecule has 0 saturated heterocycles. The van der Waals surface area contributed by atoms with E-state index < -0.39 is 0 Å². The second-order valence-electron chi connectivity index (χ2n) is 17.4. The van der Waals surface area contributed by atoms with Crippen LogP contribution in [0.3, 0.4) is 0 Å². The molecule has 2 aromatic carbocycles. The third-order valence-electron chi connectivity index (χ3n) is 12.0. The van der Waals surface area contributed by atoms with Gasteiger partial charge >= 0.3 is 0 Å². The molecule has 0 aliphatic rings. The molecular formula is C54H92N+. The van der Waals surface area contributed by atoms with Gasteiger partial charge in [-0.2, -0.15) is 0 Å². The Labute approximate surface area is 344 Å². The fraction of sp³-hybridized carbons (Fsp3) is 0.704. The maximum Gasteiger partial charge on any atom is 0.105 e. The van der Waals surface area contributed by atoms with E-state index in [1.165, 1.54) is 234 Å². The average Bonchev–Trinajstić information content (AvgIpc) is 3.20. The Balaban J connectivity index is 1.67.